The number of aliphatic imine (C=N–C) groups is 1. The van der Waals surface area contributed by atoms with Gasteiger partial charge in [0.15, 0.2) is 5.96 Å². The minimum absolute atomic E-state index is 0. The van der Waals surface area contributed by atoms with Gasteiger partial charge in [-0.25, -0.2) is 4.98 Å². The zero-order chi connectivity index (χ0) is 19.2. The number of thiazole rings is 1. The van der Waals surface area contributed by atoms with Crippen LogP contribution in [0.3, 0.4) is 0 Å². The number of guanidine groups is 1. The summed E-state index contributed by atoms with van der Waals surface area (Å²) in [6, 6.07) is 3.90. The molecule has 0 unspecified atom stereocenters. The molecule has 0 amide bonds. The predicted molar refractivity (Wildman–Crippen MR) is 112 cm³/mol. The molecule has 0 aliphatic carbocycles. The number of halogens is 4. The molecule has 1 aromatic heterocycles. The van der Waals surface area contributed by atoms with Crippen molar-refractivity contribution >= 4 is 41.3 Å². The van der Waals surface area contributed by atoms with E-state index in [0.29, 0.717) is 12.5 Å². The molecule has 10 heteroatoms. The van der Waals surface area contributed by atoms with Gasteiger partial charge in [0.1, 0.15) is 10.8 Å². The molecule has 2 rings (SSSR count). The monoisotopic (exact) mass is 514 g/mol. The summed E-state index contributed by atoms with van der Waals surface area (Å²) < 4.78 is 44.6. The number of hydrogen-bond donors (Lipinski definition) is 2. The van der Waals surface area contributed by atoms with Gasteiger partial charge in [0.25, 0.3) is 0 Å². The molecule has 0 aliphatic heterocycles. The maximum atomic E-state index is 13.2. The van der Waals surface area contributed by atoms with Crippen molar-refractivity contribution in [3.05, 3.63) is 45.4 Å². The maximum absolute atomic E-state index is 13.2. The number of rotatable bonds is 6. The number of benzene rings is 1. The molecule has 0 radical (unpaired) electrons. The highest BCUT2D eigenvalue weighted by atomic mass is 127. The van der Waals surface area contributed by atoms with Crippen LogP contribution in [0.5, 0.6) is 5.75 Å². The number of nitrogens with one attached hydrogen (secondary N) is 2. The van der Waals surface area contributed by atoms with Crippen LogP contribution in [0.15, 0.2) is 29.4 Å². The summed E-state index contributed by atoms with van der Waals surface area (Å²) in [5.41, 5.74) is -0.615. The molecule has 0 spiro atoms. The third kappa shape index (κ3) is 6.83. The van der Waals surface area contributed by atoms with E-state index in [1.54, 1.807) is 18.4 Å². The van der Waals surface area contributed by atoms with Crippen molar-refractivity contribution in [3.63, 3.8) is 0 Å². The maximum Gasteiger partial charge on any atom is 0.416 e. The molecule has 150 valence electrons. The van der Waals surface area contributed by atoms with Crippen LogP contribution in [0.25, 0.3) is 0 Å². The van der Waals surface area contributed by atoms with E-state index in [9.17, 15) is 13.2 Å². The van der Waals surface area contributed by atoms with E-state index < -0.39 is 11.7 Å². The first-order valence-electron chi connectivity index (χ1n) is 7.99. The lowest BCUT2D eigenvalue weighted by atomic mass is 10.1. The Morgan fingerprint density at radius 3 is 2.52 bits per heavy atom. The second kappa shape index (κ2) is 10.7. The van der Waals surface area contributed by atoms with E-state index in [1.807, 2.05) is 6.20 Å². The van der Waals surface area contributed by atoms with Crippen molar-refractivity contribution in [3.8, 4) is 5.75 Å². The Bertz CT molecular complexity index is 765. The average Bonchev–Trinajstić information content (AvgIpc) is 3.09. The Balaban J connectivity index is 0.00000364. The third-order valence-electron chi connectivity index (χ3n) is 3.65. The molecule has 1 aromatic carbocycles. The highest BCUT2D eigenvalue weighted by Crippen LogP contribution is 2.34. The third-order valence-corrected chi connectivity index (χ3v) is 4.79. The summed E-state index contributed by atoms with van der Waals surface area (Å²) in [7, 11) is 2.90. The number of methoxy groups -OCH3 is 1. The van der Waals surface area contributed by atoms with Gasteiger partial charge >= 0.3 is 6.18 Å². The lowest BCUT2D eigenvalue weighted by Gasteiger charge is -2.16. The summed E-state index contributed by atoms with van der Waals surface area (Å²) in [6.07, 6.45) is -1.72. The van der Waals surface area contributed by atoms with Crippen LogP contribution >= 0.6 is 35.3 Å². The zero-order valence-corrected chi connectivity index (χ0v) is 18.3. The van der Waals surface area contributed by atoms with Crippen molar-refractivity contribution in [1.82, 2.24) is 15.6 Å². The first-order chi connectivity index (χ1) is 12.4. The molecule has 5 nitrogen and oxygen atoms in total. The lowest BCUT2D eigenvalue weighted by molar-refractivity contribution is -0.138. The van der Waals surface area contributed by atoms with E-state index in [2.05, 4.69) is 27.5 Å². The van der Waals surface area contributed by atoms with Crippen molar-refractivity contribution < 1.29 is 17.9 Å². The summed E-state index contributed by atoms with van der Waals surface area (Å²) in [4.78, 5) is 9.50. The van der Waals surface area contributed by atoms with Crippen molar-refractivity contribution in [1.29, 1.82) is 0 Å². The molecule has 0 bridgehead atoms. The Morgan fingerprint density at radius 1 is 1.26 bits per heavy atom. The van der Waals surface area contributed by atoms with Crippen LogP contribution in [0.4, 0.5) is 13.2 Å². The topological polar surface area (TPSA) is 58.5 Å². The smallest absolute Gasteiger partial charge is 0.416 e. The quantitative estimate of drug-likeness (QED) is 0.345. The highest BCUT2D eigenvalue weighted by molar-refractivity contribution is 14.0. The summed E-state index contributed by atoms with van der Waals surface area (Å²) in [6.45, 7) is 2.49. The first kappa shape index (κ1) is 23.5. The Labute approximate surface area is 177 Å². The van der Waals surface area contributed by atoms with Gasteiger partial charge in [0.05, 0.1) is 19.2 Å². The van der Waals surface area contributed by atoms with E-state index in [1.165, 1.54) is 24.1 Å². The fourth-order valence-electron chi connectivity index (χ4n) is 2.25. The van der Waals surface area contributed by atoms with Gasteiger partial charge in [-0.15, -0.1) is 35.3 Å². The first-order valence-corrected chi connectivity index (χ1v) is 8.81. The van der Waals surface area contributed by atoms with Gasteiger partial charge in [-0.2, -0.15) is 13.2 Å². The molecule has 27 heavy (non-hydrogen) atoms. The Hall–Kier alpha value is -1.56. The molecular formula is C17H22F3IN4OS. The lowest BCUT2D eigenvalue weighted by Crippen LogP contribution is -2.36. The second-order valence-corrected chi connectivity index (χ2v) is 6.57. The van der Waals surface area contributed by atoms with Crippen LogP contribution < -0.4 is 15.4 Å². The van der Waals surface area contributed by atoms with Crippen LogP contribution in [-0.2, 0) is 25.7 Å². The fraction of sp³-hybridized carbons (Fsp3) is 0.412. The number of alkyl halides is 3. The van der Waals surface area contributed by atoms with Gasteiger partial charge in [-0.1, -0.05) is 13.0 Å². The number of aryl methyl sites for hydroxylation is 1. The average molecular weight is 514 g/mol. The van der Waals surface area contributed by atoms with E-state index in [4.69, 9.17) is 4.74 Å². The largest absolute Gasteiger partial charge is 0.497 e. The number of nitrogens with zero attached hydrogens (tertiary/aromatic N) is 2. The molecule has 2 aromatic rings. The zero-order valence-electron chi connectivity index (χ0n) is 15.2. The Morgan fingerprint density at radius 2 is 1.96 bits per heavy atom. The van der Waals surface area contributed by atoms with E-state index in [0.717, 1.165) is 17.5 Å². The van der Waals surface area contributed by atoms with Crippen LogP contribution in [0.1, 0.15) is 27.9 Å². The number of hydrogen-bond acceptors (Lipinski definition) is 4. The second-order valence-electron chi connectivity index (χ2n) is 5.37. The summed E-state index contributed by atoms with van der Waals surface area (Å²) >= 11 is 1.59. The van der Waals surface area contributed by atoms with Crippen LogP contribution in [0, 0.1) is 0 Å². The van der Waals surface area contributed by atoms with Gasteiger partial charge in [-0.05, 0) is 24.1 Å². The van der Waals surface area contributed by atoms with Crippen LogP contribution in [-0.4, -0.2) is 25.1 Å². The molecule has 0 fully saturated rings. The van der Waals surface area contributed by atoms with Gasteiger partial charge in [0, 0.05) is 24.7 Å². The van der Waals surface area contributed by atoms with Crippen molar-refractivity contribution in [2.45, 2.75) is 32.6 Å². The van der Waals surface area contributed by atoms with Gasteiger partial charge in [0.2, 0.25) is 0 Å². The highest BCUT2D eigenvalue weighted by Gasteiger charge is 2.33. The van der Waals surface area contributed by atoms with Crippen LogP contribution in [0.2, 0.25) is 0 Å². The minimum Gasteiger partial charge on any atom is -0.497 e. The number of ether oxygens (including phenoxy) is 1. The SMILES string of the molecule is CCc1cnc(CNC(=NC)NCc2ccc(OC)cc2C(F)(F)F)s1.I. The predicted octanol–water partition coefficient (Wildman–Crippen LogP) is 4.22. The molecule has 0 atom stereocenters. The molecule has 1 heterocycles. The molecule has 0 saturated heterocycles. The Kier molecular flexibility index (Phi) is 9.30. The molecule has 0 aliphatic rings. The van der Waals surface area contributed by atoms with Crippen molar-refractivity contribution in [2.75, 3.05) is 14.2 Å². The standard InChI is InChI=1S/C17H21F3N4OS.HI/c1-4-13-9-22-15(26-13)10-24-16(21-2)23-8-11-5-6-12(25-3)7-14(11)17(18,19)20;/h5-7,9H,4,8,10H2,1-3H3,(H2,21,23,24);1H. The number of aromatic nitrogens is 1. The fourth-order valence-corrected chi connectivity index (χ4v) is 3.05. The normalized spacial score (nSPS) is 11.7. The molecule has 2 N–H and O–H groups in total. The summed E-state index contributed by atoms with van der Waals surface area (Å²) in [5.74, 6) is 0.571. The van der Waals surface area contributed by atoms with Gasteiger partial charge < -0.3 is 15.4 Å². The van der Waals surface area contributed by atoms with E-state index in [-0.39, 0.29) is 41.8 Å². The molecule has 0 saturated carbocycles. The van der Waals surface area contributed by atoms with Gasteiger partial charge in [-0.3, -0.25) is 4.99 Å². The summed E-state index contributed by atoms with van der Waals surface area (Å²) in [5, 5.41) is 6.85. The minimum atomic E-state index is -4.46. The van der Waals surface area contributed by atoms with E-state index >= 15 is 0 Å². The van der Waals surface area contributed by atoms with Crippen molar-refractivity contribution in [2.24, 2.45) is 4.99 Å². The molecular weight excluding hydrogens is 492 g/mol.